The van der Waals surface area contributed by atoms with E-state index in [1.54, 1.807) is 0 Å². The van der Waals surface area contributed by atoms with Gasteiger partial charge in [-0.25, -0.2) is 0 Å². The molecule has 110 valence electrons. The van der Waals surface area contributed by atoms with E-state index in [1.807, 2.05) is 19.9 Å². The third-order valence-electron chi connectivity index (χ3n) is 4.47. The fourth-order valence-corrected chi connectivity index (χ4v) is 3.85. The molecule has 0 aromatic carbocycles. The first-order valence-electron chi connectivity index (χ1n) is 8.09. The van der Waals surface area contributed by atoms with E-state index in [4.69, 9.17) is 0 Å². The smallest absolute Gasteiger partial charge is 0.0211 e. The summed E-state index contributed by atoms with van der Waals surface area (Å²) in [6.07, 6.45) is 16.4. The molecule has 0 heteroatoms. The van der Waals surface area contributed by atoms with Crippen LogP contribution in [0.5, 0.6) is 0 Å². The first-order valence-corrected chi connectivity index (χ1v) is 8.09. The van der Waals surface area contributed by atoms with Gasteiger partial charge in [0.25, 0.3) is 0 Å². The van der Waals surface area contributed by atoms with Gasteiger partial charge in [-0.2, -0.15) is 0 Å². The van der Waals surface area contributed by atoms with Crippen LogP contribution >= 0.6 is 0 Å². The van der Waals surface area contributed by atoms with Crippen LogP contribution in [0.1, 0.15) is 60.3 Å². The average molecular weight is 270 g/mol. The molecule has 0 amide bonds. The fraction of sp³-hybridized carbons (Fsp3) is 0.500. The molecule has 0 atom stereocenters. The van der Waals surface area contributed by atoms with Crippen molar-refractivity contribution >= 4 is 0 Å². The van der Waals surface area contributed by atoms with Crippen LogP contribution in [0, 0.1) is 5.41 Å². The lowest BCUT2D eigenvalue weighted by atomic mass is 9.75. The molecule has 0 radical (unpaired) electrons. The molecule has 0 bridgehead atoms. The van der Waals surface area contributed by atoms with Crippen LogP contribution in [-0.4, -0.2) is 0 Å². The van der Waals surface area contributed by atoms with Gasteiger partial charge < -0.3 is 0 Å². The van der Waals surface area contributed by atoms with Gasteiger partial charge in [0.2, 0.25) is 0 Å². The summed E-state index contributed by atoms with van der Waals surface area (Å²) in [5.74, 6) is 0. The molecular formula is C20H30. The van der Waals surface area contributed by atoms with Gasteiger partial charge in [0.15, 0.2) is 0 Å². The third kappa shape index (κ3) is 2.49. The molecule has 1 spiro atoms. The normalized spacial score (nSPS) is 24.9. The predicted molar refractivity (Wildman–Crippen MR) is 91.8 cm³/mol. The van der Waals surface area contributed by atoms with Crippen LogP contribution in [0.25, 0.3) is 0 Å². The molecule has 2 aliphatic rings. The van der Waals surface area contributed by atoms with Crippen molar-refractivity contribution in [2.45, 2.75) is 60.3 Å². The Bertz CT molecular complexity index is 460. The van der Waals surface area contributed by atoms with Crippen molar-refractivity contribution in [2.75, 3.05) is 0 Å². The minimum Gasteiger partial charge on any atom is -0.0984 e. The highest BCUT2D eigenvalue weighted by molar-refractivity contribution is 5.68. The van der Waals surface area contributed by atoms with E-state index in [1.165, 1.54) is 48.0 Å². The van der Waals surface area contributed by atoms with E-state index in [9.17, 15) is 0 Å². The van der Waals surface area contributed by atoms with Gasteiger partial charge in [-0.3, -0.25) is 0 Å². The largest absolute Gasteiger partial charge is 0.0984 e. The maximum Gasteiger partial charge on any atom is 0.0211 e. The standard InChI is InChI=1S/C18H24.C2H6/c1-5-11-17-15(7-3)14(6-2)16(8-4)18(17)12-9-10-13-18;1-2/h5-8,11H,3,9-10,12-13H2,1-2,4H3;1-2H3/b11-5-,14-6-,16-8+;. The van der Waals surface area contributed by atoms with E-state index in [0.717, 1.165) is 0 Å². The summed E-state index contributed by atoms with van der Waals surface area (Å²) >= 11 is 0. The Morgan fingerprint density at radius 3 is 2.00 bits per heavy atom. The van der Waals surface area contributed by atoms with E-state index in [2.05, 4.69) is 51.7 Å². The van der Waals surface area contributed by atoms with E-state index < -0.39 is 0 Å². The van der Waals surface area contributed by atoms with Crippen LogP contribution in [0.3, 0.4) is 0 Å². The highest BCUT2D eigenvalue weighted by Gasteiger charge is 2.46. The van der Waals surface area contributed by atoms with Crippen LogP contribution in [-0.2, 0) is 0 Å². The molecule has 0 aliphatic heterocycles. The van der Waals surface area contributed by atoms with Gasteiger partial charge in [-0.1, -0.05) is 63.6 Å². The molecule has 0 unspecified atom stereocenters. The predicted octanol–water partition coefficient (Wildman–Crippen LogP) is 6.54. The van der Waals surface area contributed by atoms with Gasteiger partial charge in [-0.05, 0) is 55.9 Å². The van der Waals surface area contributed by atoms with E-state index in [-0.39, 0.29) is 5.41 Å². The summed E-state index contributed by atoms with van der Waals surface area (Å²) in [7, 11) is 0. The van der Waals surface area contributed by atoms with Gasteiger partial charge in [-0.15, -0.1) is 0 Å². The first-order chi connectivity index (χ1) is 9.75. The second kappa shape index (κ2) is 7.47. The molecule has 0 aromatic heterocycles. The van der Waals surface area contributed by atoms with Crippen LogP contribution in [0.15, 0.2) is 59.3 Å². The maximum absolute atomic E-state index is 4.04. The molecule has 0 saturated heterocycles. The molecule has 1 fully saturated rings. The van der Waals surface area contributed by atoms with Gasteiger partial charge in [0.05, 0.1) is 0 Å². The van der Waals surface area contributed by atoms with Crippen LogP contribution < -0.4 is 0 Å². The van der Waals surface area contributed by atoms with Crippen molar-refractivity contribution in [3.63, 3.8) is 0 Å². The van der Waals surface area contributed by atoms with Gasteiger partial charge >= 0.3 is 0 Å². The summed E-state index contributed by atoms with van der Waals surface area (Å²) < 4.78 is 0. The van der Waals surface area contributed by atoms with Gasteiger partial charge in [0, 0.05) is 5.41 Å². The Morgan fingerprint density at radius 2 is 1.60 bits per heavy atom. The van der Waals surface area contributed by atoms with Crippen molar-refractivity contribution in [1.82, 2.24) is 0 Å². The summed E-state index contributed by atoms with van der Waals surface area (Å²) in [6, 6.07) is 0. The molecule has 0 heterocycles. The van der Waals surface area contributed by atoms with E-state index >= 15 is 0 Å². The van der Waals surface area contributed by atoms with Crippen molar-refractivity contribution in [3.8, 4) is 0 Å². The Morgan fingerprint density at radius 1 is 1.00 bits per heavy atom. The molecule has 0 nitrogen and oxygen atoms in total. The Kier molecular flexibility index (Phi) is 6.26. The Balaban J connectivity index is 0.000000956. The lowest BCUT2D eigenvalue weighted by Crippen LogP contribution is -2.17. The van der Waals surface area contributed by atoms with Gasteiger partial charge in [0.1, 0.15) is 0 Å². The van der Waals surface area contributed by atoms with Crippen molar-refractivity contribution in [3.05, 3.63) is 59.3 Å². The van der Waals surface area contributed by atoms with E-state index in [0.29, 0.717) is 0 Å². The zero-order valence-corrected chi connectivity index (χ0v) is 13.9. The number of rotatable bonds is 2. The van der Waals surface area contributed by atoms with Crippen molar-refractivity contribution < 1.29 is 0 Å². The molecule has 2 rings (SSSR count). The number of hydrogen-bond acceptors (Lipinski definition) is 0. The lowest BCUT2D eigenvalue weighted by molar-refractivity contribution is 0.476. The Hall–Kier alpha value is -1.30. The van der Waals surface area contributed by atoms with Crippen LogP contribution in [0.2, 0.25) is 0 Å². The zero-order chi connectivity index (χ0) is 15.2. The third-order valence-corrected chi connectivity index (χ3v) is 4.47. The second-order valence-electron chi connectivity index (χ2n) is 5.23. The quantitative estimate of drug-likeness (QED) is 0.534. The summed E-state index contributed by atoms with van der Waals surface area (Å²) in [6.45, 7) is 14.5. The molecule has 20 heavy (non-hydrogen) atoms. The minimum absolute atomic E-state index is 0.284. The highest BCUT2D eigenvalue weighted by Crippen LogP contribution is 2.59. The average Bonchev–Trinajstić information content (AvgIpc) is 3.06. The summed E-state index contributed by atoms with van der Waals surface area (Å²) in [5, 5.41) is 0. The topological polar surface area (TPSA) is 0 Å². The monoisotopic (exact) mass is 270 g/mol. The SMILES string of the molecule is C=CC1=C(/C=C\C)C2(CCCC2)C(=C/C)/C1=C\C.CC. The first kappa shape index (κ1) is 16.8. The number of hydrogen-bond donors (Lipinski definition) is 0. The maximum atomic E-state index is 4.04. The second-order valence-corrected chi connectivity index (χ2v) is 5.23. The molecule has 0 N–H and O–H groups in total. The highest BCUT2D eigenvalue weighted by atomic mass is 14.5. The minimum atomic E-state index is 0.284. The summed E-state index contributed by atoms with van der Waals surface area (Å²) in [4.78, 5) is 0. The zero-order valence-electron chi connectivity index (χ0n) is 13.9. The molecule has 1 saturated carbocycles. The van der Waals surface area contributed by atoms with Crippen molar-refractivity contribution in [1.29, 1.82) is 0 Å². The lowest BCUT2D eigenvalue weighted by Gasteiger charge is -2.28. The Labute approximate surface area is 125 Å². The fourth-order valence-electron chi connectivity index (χ4n) is 3.85. The number of allylic oxidation sites excluding steroid dienone is 9. The van der Waals surface area contributed by atoms with Crippen molar-refractivity contribution in [2.24, 2.45) is 5.41 Å². The van der Waals surface area contributed by atoms with Crippen LogP contribution in [0.4, 0.5) is 0 Å². The molecular weight excluding hydrogens is 240 g/mol. The summed E-state index contributed by atoms with van der Waals surface area (Å²) in [5.41, 5.74) is 6.07. The molecule has 0 aromatic rings. The molecule has 2 aliphatic carbocycles.